The summed E-state index contributed by atoms with van der Waals surface area (Å²) in [6.45, 7) is 5.00. The van der Waals surface area contributed by atoms with Gasteiger partial charge in [0.25, 0.3) is 0 Å². The highest BCUT2D eigenvalue weighted by Crippen LogP contribution is 2.23. The molecule has 0 aliphatic heterocycles. The summed E-state index contributed by atoms with van der Waals surface area (Å²) in [7, 11) is 4.09. The van der Waals surface area contributed by atoms with Crippen LogP contribution in [0, 0.1) is 0 Å². The molecule has 0 fully saturated rings. The van der Waals surface area contributed by atoms with Crippen LogP contribution < -0.4 is 10.6 Å². The Bertz CT molecular complexity index is 286. The Hall–Kier alpha value is -1.02. The van der Waals surface area contributed by atoms with Crippen molar-refractivity contribution in [2.75, 3.05) is 25.5 Å². The van der Waals surface area contributed by atoms with Crippen LogP contribution in [0.3, 0.4) is 0 Å². The van der Waals surface area contributed by atoms with Crippen molar-refractivity contribution < 1.29 is 0 Å². The standard InChI is InChI=1S/C12H20N2/c1-12(2,9-13)10-5-7-11(8-6-10)14(3)4/h5-8H,9,13H2,1-4H3. The topological polar surface area (TPSA) is 29.3 Å². The van der Waals surface area contributed by atoms with Gasteiger partial charge in [-0.05, 0) is 17.7 Å². The third-order valence-corrected chi connectivity index (χ3v) is 2.68. The molecule has 78 valence electrons. The Balaban J connectivity index is 2.94. The van der Waals surface area contributed by atoms with Crippen molar-refractivity contribution in [3.05, 3.63) is 29.8 Å². The third kappa shape index (κ3) is 2.26. The minimum absolute atomic E-state index is 0.0742. The van der Waals surface area contributed by atoms with Crippen LogP contribution in [-0.4, -0.2) is 20.6 Å². The van der Waals surface area contributed by atoms with Gasteiger partial charge in [0.05, 0.1) is 0 Å². The Kier molecular flexibility index (Phi) is 3.17. The van der Waals surface area contributed by atoms with Crippen LogP contribution in [0.15, 0.2) is 24.3 Å². The molecule has 0 aliphatic rings. The first-order valence-electron chi connectivity index (χ1n) is 4.95. The van der Waals surface area contributed by atoms with Gasteiger partial charge >= 0.3 is 0 Å². The largest absolute Gasteiger partial charge is 0.378 e. The summed E-state index contributed by atoms with van der Waals surface area (Å²) in [5.74, 6) is 0. The summed E-state index contributed by atoms with van der Waals surface area (Å²) in [4.78, 5) is 2.10. The molecule has 2 nitrogen and oxygen atoms in total. The quantitative estimate of drug-likeness (QED) is 0.793. The highest BCUT2D eigenvalue weighted by molar-refractivity contribution is 5.47. The molecule has 0 heterocycles. The molecule has 0 bridgehead atoms. The van der Waals surface area contributed by atoms with Crippen LogP contribution in [0.5, 0.6) is 0 Å². The van der Waals surface area contributed by atoms with Gasteiger partial charge in [-0.2, -0.15) is 0 Å². The molecule has 1 aromatic rings. The fourth-order valence-corrected chi connectivity index (χ4v) is 1.33. The second kappa shape index (κ2) is 4.01. The molecule has 1 aromatic carbocycles. The SMILES string of the molecule is CN(C)c1ccc(C(C)(C)CN)cc1. The van der Waals surface area contributed by atoms with E-state index in [1.54, 1.807) is 0 Å². The zero-order valence-corrected chi connectivity index (χ0v) is 9.54. The van der Waals surface area contributed by atoms with E-state index >= 15 is 0 Å². The number of rotatable bonds is 3. The lowest BCUT2D eigenvalue weighted by Crippen LogP contribution is -2.28. The van der Waals surface area contributed by atoms with E-state index in [2.05, 4.69) is 43.0 Å². The van der Waals surface area contributed by atoms with E-state index in [0.717, 1.165) is 0 Å². The Morgan fingerprint density at radius 1 is 1.14 bits per heavy atom. The predicted octanol–water partition coefficient (Wildman–Crippen LogP) is 1.99. The molecule has 1 rings (SSSR count). The third-order valence-electron chi connectivity index (χ3n) is 2.68. The maximum atomic E-state index is 5.73. The summed E-state index contributed by atoms with van der Waals surface area (Å²) in [5.41, 5.74) is 8.32. The molecule has 0 atom stereocenters. The van der Waals surface area contributed by atoms with Gasteiger partial charge in [-0.3, -0.25) is 0 Å². The van der Waals surface area contributed by atoms with Crippen molar-refractivity contribution in [2.24, 2.45) is 5.73 Å². The smallest absolute Gasteiger partial charge is 0.0361 e. The molecule has 0 aliphatic carbocycles. The molecular formula is C12H20N2. The lowest BCUT2D eigenvalue weighted by atomic mass is 9.85. The van der Waals surface area contributed by atoms with Crippen LogP contribution in [0.25, 0.3) is 0 Å². The van der Waals surface area contributed by atoms with Crippen molar-refractivity contribution in [3.63, 3.8) is 0 Å². The molecule has 2 heteroatoms. The number of hydrogen-bond donors (Lipinski definition) is 1. The van der Waals surface area contributed by atoms with Gasteiger partial charge in [-0.1, -0.05) is 26.0 Å². The molecule has 14 heavy (non-hydrogen) atoms. The minimum atomic E-state index is 0.0742. The second-order valence-electron chi connectivity index (χ2n) is 4.53. The maximum Gasteiger partial charge on any atom is 0.0361 e. The van der Waals surface area contributed by atoms with E-state index in [9.17, 15) is 0 Å². The summed E-state index contributed by atoms with van der Waals surface area (Å²) in [6.07, 6.45) is 0. The van der Waals surface area contributed by atoms with Gasteiger partial charge in [-0.15, -0.1) is 0 Å². The zero-order valence-electron chi connectivity index (χ0n) is 9.54. The lowest BCUT2D eigenvalue weighted by Gasteiger charge is -2.24. The predicted molar refractivity (Wildman–Crippen MR) is 62.8 cm³/mol. The van der Waals surface area contributed by atoms with Gasteiger partial charge in [-0.25, -0.2) is 0 Å². The molecule has 0 radical (unpaired) electrons. The number of nitrogens with two attached hydrogens (primary N) is 1. The molecule has 0 saturated heterocycles. The Morgan fingerprint density at radius 3 is 2.00 bits per heavy atom. The van der Waals surface area contributed by atoms with Crippen LogP contribution in [0.4, 0.5) is 5.69 Å². The summed E-state index contributed by atoms with van der Waals surface area (Å²) in [6, 6.07) is 8.57. The summed E-state index contributed by atoms with van der Waals surface area (Å²) in [5, 5.41) is 0. The average Bonchev–Trinajstić information content (AvgIpc) is 2.18. The zero-order chi connectivity index (χ0) is 10.8. The van der Waals surface area contributed by atoms with Gasteiger partial charge in [0.15, 0.2) is 0 Å². The first-order chi connectivity index (χ1) is 6.47. The second-order valence-corrected chi connectivity index (χ2v) is 4.53. The molecule has 0 saturated carbocycles. The van der Waals surface area contributed by atoms with Gasteiger partial charge < -0.3 is 10.6 Å². The number of nitrogens with zero attached hydrogens (tertiary/aromatic N) is 1. The normalized spacial score (nSPS) is 11.5. The Morgan fingerprint density at radius 2 is 1.64 bits per heavy atom. The molecule has 0 amide bonds. The average molecular weight is 192 g/mol. The molecule has 0 aromatic heterocycles. The van der Waals surface area contributed by atoms with E-state index in [1.165, 1.54) is 11.3 Å². The van der Waals surface area contributed by atoms with E-state index in [1.807, 2.05) is 14.1 Å². The number of benzene rings is 1. The highest BCUT2D eigenvalue weighted by Gasteiger charge is 2.17. The van der Waals surface area contributed by atoms with Crippen molar-refractivity contribution in [1.82, 2.24) is 0 Å². The maximum absolute atomic E-state index is 5.73. The van der Waals surface area contributed by atoms with Crippen molar-refractivity contribution in [3.8, 4) is 0 Å². The summed E-state index contributed by atoms with van der Waals surface area (Å²) < 4.78 is 0. The highest BCUT2D eigenvalue weighted by atomic mass is 15.1. The van der Waals surface area contributed by atoms with Gasteiger partial charge in [0, 0.05) is 31.7 Å². The molecule has 0 unspecified atom stereocenters. The molecule has 0 spiro atoms. The van der Waals surface area contributed by atoms with Crippen LogP contribution >= 0.6 is 0 Å². The fourth-order valence-electron chi connectivity index (χ4n) is 1.33. The van der Waals surface area contributed by atoms with Crippen LogP contribution in [0.2, 0.25) is 0 Å². The van der Waals surface area contributed by atoms with Gasteiger partial charge in [0.2, 0.25) is 0 Å². The first-order valence-corrected chi connectivity index (χ1v) is 4.95. The number of hydrogen-bond acceptors (Lipinski definition) is 2. The van der Waals surface area contributed by atoms with Crippen molar-refractivity contribution in [1.29, 1.82) is 0 Å². The lowest BCUT2D eigenvalue weighted by molar-refractivity contribution is 0.539. The van der Waals surface area contributed by atoms with E-state index in [-0.39, 0.29) is 5.41 Å². The van der Waals surface area contributed by atoms with Crippen molar-refractivity contribution in [2.45, 2.75) is 19.3 Å². The minimum Gasteiger partial charge on any atom is -0.378 e. The van der Waals surface area contributed by atoms with Crippen molar-refractivity contribution >= 4 is 5.69 Å². The Labute approximate surface area is 86.7 Å². The van der Waals surface area contributed by atoms with E-state index < -0.39 is 0 Å². The van der Waals surface area contributed by atoms with E-state index in [0.29, 0.717) is 6.54 Å². The van der Waals surface area contributed by atoms with Crippen LogP contribution in [0.1, 0.15) is 19.4 Å². The number of anilines is 1. The van der Waals surface area contributed by atoms with Crippen LogP contribution in [-0.2, 0) is 5.41 Å². The first kappa shape index (κ1) is 11.1. The fraction of sp³-hybridized carbons (Fsp3) is 0.500. The molecule has 2 N–H and O–H groups in total. The summed E-state index contributed by atoms with van der Waals surface area (Å²) >= 11 is 0. The monoisotopic (exact) mass is 192 g/mol. The van der Waals surface area contributed by atoms with E-state index in [4.69, 9.17) is 5.73 Å². The van der Waals surface area contributed by atoms with Gasteiger partial charge in [0.1, 0.15) is 0 Å². The molecular weight excluding hydrogens is 172 g/mol.